The van der Waals surface area contributed by atoms with Crippen molar-refractivity contribution in [3.05, 3.63) is 82.9 Å². The lowest BCUT2D eigenvalue weighted by molar-refractivity contribution is -0.0400. The van der Waals surface area contributed by atoms with Gasteiger partial charge in [0.2, 0.25) is 0 Å². The lowest BCUT2D eigenvalue weighted by atomic mass is 9.86. The van der Waals surface area contributed by atoms with Crippen LogP contribution < -0.4 is 4.90 Å². The van der Waals surface area contributed by atoms with E-state index in [0.717, 1.165) is 22.4 Å². The number of carbonyl (C=O) groups excluding carboxylic acids is 1. The Bertz CT molecular complexity index is 1240. The standard InChI is InChI=1S/C28H28N4O2/c1-28(2)17-22-23(18-29)26(30-25(24(22)19-34-28)20-9-5-3-6-10-20)31-13-15-32(16-14-31)27(33)21-11-7-4-8-12-21/h3-12H,13-17,19H2,1-2H3. The molecule has 3 aromatic rings. The van der Waals surface area contributed by atoms with E-state index < -0.39 is 0 Å². The summed E-state index contributed by atoms with van der Waals surface area (Å²) in [6.45, 7) is 7.01. The van der Waals surface area contributed by atoms with E-state index in [1.165, 1.54) is 0 Å². The fourth-order valence-corrected chi connectivity index (χ4v) is 4.82. The van der Waals surface area contributed by atoms with E-state index in [4.69, 9.17) is 9.72 Å². The molecule has 1 fully saturated rings. The van der Waals surface area contributed by atoms with Crippen molar-refractivity contribution in [3.63, 3.8) is 0 Å². The summed E-state index contributed by atoms with van der Waals surface area (Å²) in [5.74, 6) is 0.757. The summed E-state index contributed by atoms with van der Waals surface area (Å²) in [7, 11) is 0. The van der Waals surface area contributed by atoms with Crippen LogP contribution in [0.5, 0.6) is 0 Å². The lowest BCUT2D eigenvalue weighted by Gasteiger charge is -2.38. The summed E-state index contributed by atoms with van der Waals surface area (Å²) in [6.07, 6.45) is 0.660. The third-order valence-corrected chi connectivity index (χ3v) is 6.65. The highest BCUT2D eigenvalue weighted by atomic mass is 16.5. The second-order valence-corrected chi connectivity index (χ2v) is 9.46. The van der Waals surface area contributed by atoms with Crippen molar-refractivity contribution in [3.8, 4) is 17.3 Å². The van der Waals surface area contributed by atoms with E-state index in [0.29, 0.717) is 56.2 Å². The molecule has 0 aliphatic carbocycles. The van der Waals surface area contributed by atoms with Gasteiger partial charge < -0.3 is 14.5 Å². The van der Waals surface area contributed by atoms with E-state index in [2.05, 4.69) is 36.9 Å². The minimum Gasteiger partial charge on any atom is -0.370 e. The molecule has 2 aliphatic heterocycles. The lowest BCUT2D eigenvalue weighted by Crippen LogP contribution is -2.49. The monoisotopic (exact) mass is 452 g/mol. The van der Waals surface area contributed by atoms with E-state index in [9.17, 15) is 10.1 Å². The van der Waals surface area contributed by atoms with E-state index >= 15 is 0 Å². The summed E-state index contributed by atoms with van der Waals surface area (Å²) in [5, 5.41) is 10.2. The predicted octanol–water partition coefficient (Wildman–Crippen LogP) is 4.43. The van der Waals surface area contributed by atoms with Gasteiger partial charge in [-0.3, -0.25) is 4.79 Å². The first-order valence-corrected chi connectivity index (χ1v) is 11.7. The van der Waals surface area contributed by atoms with Crippen LogP contribution in [0.1, 0.15) is 40.9 Å². The topological polar surface area (TPSA) is 69.5 Å². The number of rotatable bonds is 3. The van der Waals surface area contributed by atoms with Crippen LogP contribution in [0.15, 0.2) is 60.7 Å². The predicted molar refractivity (Wildman–Crippen MR) is 132 cm³/mol. The Morgan fingerprint density at radius 2 is 1.62 bits per heavy atom. The van der Waals surface area contributed by atoms with E-state index in [-0.39, 0.29) is 11.5 Å². The van der Waals surface area contributed by atoms with Crippen LogP contribution in [0.2, 0.25) is 0 Å². The molecule has 1 amide bonds. The molecule has 0 atom stereocenters. The molecule has 172 valence electrons. The number of benzene rings is 2. The van der Waals surface area contributed by atoms with Crippen LogP contribution in [-0.4, -0.2) is 47.6 Å². The molecule has 0 unspecified atom stereocenters. The zero-order chi connectivity index (χ0) is 23.7. The van der Waals surface area contributed by atoms with Crippen LogP contribution in [-0.2, 0) is 17.8 Å². The van der Waals surface area contributed by atoms with Crippen molar-refractivity contribution in [2.45, 2.75) is 32.5 Å². The molecule has 0 radical (unpaired) electrons. The maximum Gasteiger partial charge on any atom is 0.253 e. The second kappa shape index (κ2) is 8.92. The first-order chi connectivity index (χ1) is 16.5. The summed E-state index contributed by atoms with van der Waals surface area (Å²) in [6, 6.07) is 21.9. The number of piperazine rings is 1. The molecular formula is C28H28N4O2. The second-order valence-electron chi connectivity index (χ2n) is 9.46. The van der Waals surface area contributed by atoms with Gasteiger partial charge in [0, 0.05) is 49.3 Å². The number of ether oxygens (including phenoxy) is 1. The zero-order valence-electron chi connectivity index (χ0n) is 19.6. The van der Waals surface area contributed by atoms with Crippen LogP contribution in [0.25, 0.3) is 11.3 Å². The Morgan fingerprint density at radius 3 is 2.26 bits per heavy atom. The molecule has 34 heavy (non-hydrogen) atoms. The van der Waals surface area contributed by atoms with Gasteiger partial charge in [0.05, 0.1) is 23.5 Å². The number of fused-ring (bicyclic) bond motifs is 1. The first kappa shape index (κ1) is 22.1. The Kier molecular flexibility index (Phi) is 5.80. The Balaban J connectivity index is 1.50. The largest absolute Gasteiger partial charge is 0.370 e. The zero-order valence-corrected chi connectivity index (χ0v) is 19.6. The number of carbonyl (C=O) groups is 1. The van der Waals surface area contributed by atoms with Gasteiger partial charge in [-0.15, -0.1) is 0 Å². The molecule has 1 aromatic heterocycles. The van der Waals surface area contributed by atoms with E-state index in [1.807, 2.05) is 53.4 Å². The van der Waals surface area contributed by atoms with Gasteiger partial charge in [-0.2, -0.15) is 5.26 Å². The third-order valence-electron chi connectivity index (χ3n) is 6.65. The van der Waals surface area contributed by atoms with Gasteiger partial charge in [-0.05, 0) is 31.5 Å². The number of aromatic nitrogens is 1. The number of nitriles is 1. The maximum atomic E-state index is 12.9. The van der Waals surface area contributed by atoms with Gasteiger partial charge in [0.15, 0.2) is 0 Å². The molecule has 1 saturated heterocycles. The smallest absolute Gasteiger partial charge is 0.253 e. The maximum absolute atomic E-state index is 12.9. The molecule has 0 saturated carbocycles. The minimum atomic E-state index is -0.341. The highest BCUT2D eigenvalue weighted by molar-refractivity contribution is 5.94. The van der Waals surface area contributed by atoms with Gasteiger partial charge in [0.1, 0.15) is 11.9 Å². The van der Waals surface area contributed by atoms with Crippen molar-refractivity contribution in [2.75, 3.05) is 31.1 Å². The summed E-state index contributed by atoms with van der Waals surface area (Å²) >= 11 is 0. The Labute approximate surface area is 200 Å². The quantitative estimate of drug-likeness (QED) is 0.588. The molecule has 2 aromatic carbocycles. The molecule has 0 spiro atoms. The molecule has 5 rings (SSSR count). The first-order valence-electron chi connectivity index (χ1n) is 11.7. The Hall–Kier alpha value is -3.69. The molecule has 2 aliphatic rings. The van der Waals surface area contributed by atoms with Gasteiger partial charge in [-0.25, -0.2) is 4.98 Å². The van der Waals surface area contributed by atoms with Crippen molar-refractivity contribution in [2.24, 2.45) is 0 Å². The highest BCUT2D eigenvalue weighted by Gasteiger charge is 2.34. The van der Waals surface area contributed by atoms with Crippen molar-refractivity contribution in [1.82, 2.24) is 9.88 Å². The molecular weight excluding hydrogens is 424 g/mol. The number of pyridine rings is 1. The normalized spacial score (nSPS) is 17.1. The average molecular weight is 453 g/mol. The number of hydrogen-bond donors (Lipinski definition) is 0. The van der Waals surface area contributed by atoms with Crippen LogP contribution in [0.4, 0.5) is 5.82 Å². The third kappa shape index (κ3) is 4.15. The summed E-state index contributed by atoms with van der Waals surface area (Å²) < 4.78 is 6.11. The van der Waals surface area contributed by atoms with Crippen molar-refractivity contribution < 1.29 is 9.53 Å². The number of hydrogen-bond acceptors (Lipinski definition) is 5. The molecule has 0 bridgehead atoms. The summed E-state index contributed by atoms with van der Waals surface area (Å²) in [5.41, 5.74) is 4.93. The molecule has 3 heterocycles. The number of amides is 1. The minimum absolute atomic E-state index is 0.0445. The molecule has 0 N–H and O–H groups in total. The SMILES string of the molecule is CC1(C)Cc2c(C#N)c(N3CCN(C(=O)c4ccccc4)CC3)nc(-c3ccccc3)c2CO1. The van der Waals surface area contributed by atoms with Crippen LogP contribution in [0, 0.1) is 11.3 Å². The fourth-order valence-electron chi connectivity index (χ4n) is 4.82. The highest BCUT2D eigenvalue weighted by Crippen LogP contribution is 2.39. The number of nitrogens with zero attached hydrogens (tertiary/aromatic N) is 4. The Morgan fingerprint density at radius 1 is 0.971 bits per heavy atom. The fraction of sp³-hybridized carbons (Fsp3) is 0.321. The molecule has 6 heteroatoms. The van der Waals surface area contributed by atoms with E-state index in [1.54, 1.807) is 0 Å². The van der Waals surface area contributed by atoms with Gasteiger partial charge >= 0.3 is 0 Å². The van der Waals surface area contributed by atoms with Gasteiger partial charge in [0.25, 0.3) is 5.91 Å². The van der Waals surface area contributed by atoms with Crippen LogP contribution in [0.3, 0.4) is 0 Å². The van der Waals surface area contributed by atoms with Crippen molar-refractivity contribution >= 4 is 11.7 Å². The molecule has 6 nitrogen and oxygen atoms in total. The van der Waals surface area contributed by atoms with Gasteiger partial charge in [-0.1, -0.05) is 48.5 Å². The summed E-state index contributed by atoms with van der Waals surface area (Å²) in [4.78, 5) is 22.0. The number of anilines is 1. The average Bonchev–Trinajstić information content (AvgIpc) is 2.88. The van der Waals surface area contributed by atoms with Crippen molar-refractivity contribution in [1.29, 1.82) is 5.26 Å². The van der Waals surface area contributed by atoms with Crippen LogP contribution >= 0.6 is 0 Å².